The number of nitrogen functional groups attached to an aromatic ring is 1. The number of methoxy groups -OCH3 is 1. The fourth-order valence-corrected chi connectivity index (χ4v) is 2.38. The van der Waals surface area contributed by atoms with Gasteiger partial charge in [-0.1, -0.05) is 0 Å². The molecule has 102 valence electrons. The van der Waals surface area contributed by atoms with Crippen LogP contribution in [0.3, 0.4) is 0 Å². The Bertz CT molecular complexity index is 598. The predicted octanol–water partition coefficient (Wildman–Crippen LogP) is 2.70. The predicted molar refractivity (Wildman–Crippen MR) is 75.7 cm³/mol. The van der Waals surface area contributed by atoms with E-state index in [1.54, 1.807) is 17.7 Å². The van der Waals surface area contributed by atoms with Crippen LogP contribution in [0.5, 0.6) is 5.75 Å². The monoisotopic (exact) mass is 327 g/mol. The lowest BCUT2D eigenvalue weighted by molar-refractivity contribution is 0.408. The van der Waals surface area contributed by atoms with E-state index in [1.807, 2.05) is 7.05 Å². The molecule has 0 atom stereocenters. The lowest BCUT2D eigenvalue weighted by Gasteiger charge is -2.07. The highest BCUT2D eigenvalue weighted by Gasteiger charge is 2.12. The average Bonchev–Trinajstić information content (AvgIpc) is 2.64. The number of imidazole rings is 1. The van der Waals surface area contributed by atoms with E-state index in [-0.39, 0.29) is 5.82 Å². The molecule has 4 nitrogen and oxygen atoms in total. The number of aryl methyl sites for hydroxylation is 2. The molecule has 0 fully saturated rings. The second-order valence-corrected chi connectivity index (χ2v) is 4.97. The zero-order valence-corrected chi connectivity index (χ0v) is 12.4. The van der Waals surface area contributed by atoms with Gasteiger partial charge in [-0.25, -0.2) is 9.37 Å². The molecular weight excluding hydrogens is 313 g/mol. The molecule has 6 heteroatoms. The van der Waals surface area contributed by atoms with Crippen LogP contribution in [-0.2, 0) is 19.9 Å². The number of nitrogens with zero attached hydrogens (tertiary/aromatic N) is 2. The largest absolute Gasteiger partial charge is 0.496 e. The number of halogens is 2. The van der Waals surface area contributed by atoms with Crippen molar-refractivity contribution >= 4 is 21.9 Å². The van der Waals surface area contributed by atoms with Gasteiger partial charge in [-0.3, -0.25) is 0 Å². The number of hydrogen-bond donors (Lipinski definition) is 1. The van der Waals surface area contributed by atoms with Crippen LogP contribution in [0.1, 0.15) is 11.3 Å². The van der Waals surface area contributed by atoms with Crippen LogP contribution in [0, 0.1) is 5.82 Å². The van der Waals surface area contributed by atoms with E-state index in [0.29, 0.717) is 24.5 Å². The van der Waals surface area contributed by atoms with Gasteiger partial charge in [-0.15, -0.1) is 0 Å². The van der Waals surface area contributed by atoms with E-state index in [4.69, 9.17) is 10.5 Å². The number of rotatable bonds is 4. The van der Waals surface area contributed by atoms with Crippen LogP contribution in [-0.4, -0.2) is 16.7 Å². The molecule has 0 saturated heterocycles. The highest BCUT2D eigenvalue weighted by atomic mass is 79.9. The summed E-state index contributed by atoms with van der Waals surface area (Å²) in [5.41, 5.74) is 7.40. The summed E-state index contributed by atoms with van der Waals surface area (Å²) in [4.78, 5) is 4.26. The van der Waals surface area contributed by atoms with Gasteiger partial charge in [-0.05, 0) is 52.5 Å². The third kappa shape index (κ3) is 2.89. The molecule has 2 N–H and O–H groups in total. The number of hydrogen-bond acceptors (Lipinski definition) is 3. The standard InChI is InChI=1S/C13H15BrFN3O/c1-18-12(14)10(17-13(18)16)5-3-8-7-9(15)4-6-11(8)19-2/h4,6-7H,3,5H2,1-2H3,(H2,16,17). The summed E-state index contributed by atoms with van der Waals surface area (Å²) in [6.07, 6.45) is 1.29. The van der Waals surface area contributed by atoms with Crippen molar-refractivity contribution in [2.45, 2.75) is 12.8 Å². The molecule has 19 heavy (non-hydrogen) atoms. The van der Waals surface area contributed by atoms with Gasteiger partial charge in [-0.2, -0.15) is 0 Å². The van der Waals surface area contributed by atoms with Crippen molar-refractivity contribution in [2.24, 2.45) is 7.05 Å². The molecule has 0 unspecified atom stereocenters. The van der Waals surface area contributed by atoms with Crippen LogP contribution in [0.15, 0.2) is 22.8 Å². The van der Waals surface area contributed by atoms with Gasteiger partial charge in [0.15, 0.2) is 0 Å². The van der Waals surface area contributed by atoms with E-state index < -0.39 is 0 Å². The topological polar surface area (TPSA) is 53.1 Å². The third-order valence-corrected chi connectivity index (χ3v) is 3.99. The molecule has 1 aromatic heterocycles. The summed E-state index contributed by atoms with van der Waals surface area (Å²) in [6.45, 7) is 0. The van der Waals surface area contributed by atoms with E-state index in [1.165, 1.54) is 12.1 Å². The van der Waals surface area contributed by atoms with Crippen LogP contribution < -0.4 is 10.5 Å². The van der Waals surface area contributed by atoms with E-state index >= 15 is 0 Å². The molecule has 0 bridgehead atoms. The number of nitrogens with two attached hydrogens (primary N) is 1. The Morgan fingerprint density at radius 1 is 1.42 bits per heavy atom. The van der Waals surface area contributed by atoms with Crippen molar-refractivity contribution < 1.29 is 9.13 Å². The van der Waals surface area contributed by atoms with Gasteiger partial charge < -0.3 is 15.0 Å². The first-order valence-electron chi connectivity index (χ1n) is 5.82. The molecule has 0 aliphatic carbocycles. The van der Waals surface area contributed by atoms with E-state index in [0.717, 1.165) is 15.9 Å². The maximum absolute atomic E-state index is 13.3. The maximum Gasteiger partial charge on any atom is 0.201 e. The Labute approximate surface area is 119 Å². The van der Waals surface area contributed by atoms with Crippen molar-refractivity contribution in [3.05, 3.63) is 39.9 Å². The minimum atomic E-state index is -0.268. The Kier molecular flexibility index (Phi) is 4.09. The van der Waals surface area contributed by atoms with Gasteiger partial charge in [0.2, 0.25) is 5.95 Å². The average molecular weight is 328 g/mol. The summed E-state index contributed by atoms with van der Waals surface area (Å²) in [5.74, 6) is 0.866. The van der Waals surface area contributed by atoms with Crippen LogP contribution >= 0.6 is 15.9 Å². The highest BCUT2D eigenvalue weighted by molar-refractivity contribution is 9.10. The van der Waals surface area contributed by atoms with Crippen LogP contribution in [0.25, 0.3) is 0 Å². The van der Waals surface area contributed by atoms with Crippen molar-refractivity contribution in [1.29, 1.82) is 0 Å². The van der Waals surface area contributed by atoms with Crippen LogP contribution in [0.4, 0.5) is 10.3 Å². The quantitative estimate of drug-likeness (QED) is 0.939. The second kappa shape index (κ2) is 5.61. The number of aromatic nitrogens is 2. The lowest BCUT2D eigenvalue weighted by atomic mass is 10.1. The SMILES string of the molecule is COc1ccc(F)cc1CCc1nc(N)n(C)c1Br. The molecule has 0 amide bonds. The fraction of sp³-hybridized carbons (Fsp3) is 0.308. The molecule has 0 aliphatic rings. The Hall–Kier alpha value is -1.56. The number of anilines is 1. The summed E-state index contributed by atoms with van der Waals surface area (Å²) in [5, 5.41) is 0. The van der Waals surface area contributed by atoms with Gasteiger partial charge in [0, 0.05) is 7.05 Å². The van der Waals surface area contributed by atoms with Gasteiger partial charge in [0.25, 0.3) is 0 Å². The summed E-state index contributed by atoms with van der Waals surface area (Å²) >= 11 is 3.44. The smallest absolute Gasteiger partial charge is 0.201 e. The second-order valence-electron chi connectivity index (χ2n) is 4.22. The fourth-order valence-electron chi connectivity index (χ4n) is 1.91. The van der Waals surface area contributed by atoms with Gasteiger partial charge in [0.1, 0.15) is 16.2 Å². The normalized spacial score (nSPS) is 10.7. The van der Waals surface area contributed by atoms with E-state index in [9.17, 15) is 4.39 Å². The molecule has 0 radical (unpaired) electrons. The molecule has 2 aromatic rings. The molecule has 0 saturated carbocycles. The first-order valence-corrected chi connectivity index (χ1v) is 6.61. The summed E-state index contributed by atoms with van der Waals surface area (Å²) < 4.78 is 21.1. The van der Waals surface area contributed by atoms with Crippen molar-refractivity contribution in [3.8, 4) is 5.75 Å². The first-order chi connectivity index (χ1) is 9.02. The van der Waals surface area contributed by atoms with Crippen molar-refractivity contribution in [2.75, 3.05) is 12.8 Å². The van der Waals surface area contributed by atoms with E-state index in [2.05, 4.69) is 20.9 Å². The van der Waals surface area contributed by atoms with Crippen molar-refractivity contribution in [3.63, 3.8) is 0 Å². The maximum atomic E-state index is 13.3. The molecule has 0 aliphatic heterocycles. The Morgan fingerprint density at radius 2 is 2.16 bits per heavy atom. The zero-order chi connectivity index (χ0) is 14.0. The number of ether oxygens (including phenoxy) is 1. The highest BCUT2D eigenvalue weighted by Crippen LogP contribution is 2.24. The Morgan fingerprint density at radius 3 is 2.74 bits per heavy atom. The zero-order valence-electron chi connectivity index (χ0n) is 10.8. The minimum Gasteiger partial charge on any atom is -0.496 e. The molecule has 0 spiro atoms. The first kappa shape index (κ1) is 13.9. The minimum absolute atomic E-state index is 0.268. The molecule has 2 rings (SSSR count). The van der Waals surface area contributed by atoms with Crippen LogP contribution in [0.2, 0.25) is 0 Å². The molecule has 1 aromatic carbocycles. The summed E-state index contributed by atoms with van der Waals surface area (Å²) in [7, 11) is 3.41. The number of benzene rings is 1. The van der Waals surface area contributed by atoms with Gasteiger partial charge in [0.05, 0.1) is 12.8 Å². The molecular formula is C13H15BrFN3O. The molecule has 1 heterocycles. The van der Waals surface area contributed by atoms with Gasteiger partial charge >= 0.3 is 0 Å². The van der Waals surface area contributed by atoms with Crippen molar-refractivity contribution in [1.82, 2.24) is 9.55 Å². The Balaban J connectivity index is 2.18. The lowest BCUT2D eigenvalue weighted by Crippen LogP contribution is -1.97. The summed E-state index contributed by atoms with van der Waals surface area (Å²) in [6, 6.07) is 4.50. The third-order valence-electron chi connectivity index (χ3n) is 3.00.